The molecule has 1 aromatic rings. The number of ketones is 1. The molecule has 0 aliphatic rings. The molecule has 0 saturated carbocycles. The molecule has 112 valence electrons. The minimum absolute atomic E-state index is 0.177. The summed E-state index contributed by atoms with van der Waals surface area (Å²) in [6, 6.07) is 1.09. The largest absolute Gasteiger partial charge is 0.394 e. The van der Waals surface area contributed by atoms with E-state index in [1.807, 2.05) is 0 Å². The van der Waals surface area contributed by atoms with E-state index in [-0.39, 0.29) is 12.7 Å². The van der Waals surface area contributed by atoms with Crippen LogP contribution in [0.15, 0.2) is 17.8 Å². The van der Waals surface area contributed by atoms with Crippen LogP contribution in [-0.2, 0) is 0 Å². The number of benzene rings is 1. The van der Waals surface area contributed by atoms with Gasteiger partial charge in [0.2, 0.25) is 5.78 Å². The summed E-state index contributed by atoms with van der Waals surface area (Å²) in [5, 5.41) is 20.0. The van der Waals surface area contributed by atoms with E-state index in [0.717, 1.165) is 6.20 Å². The number of carbonyl (C=O) groups is 1. The fourth-order valence-electron chi connectivity index (χ4n) is 1.31. The number of nitrogens with one attached hydrogen (secondary N) is 1. The van der Waals surface area contributed by atoms with E-state index >= 15 is 0 Å². The zero-order chi connectivity index (χ0) is 16.2. The first-order valence-electron chi connectivity index (χ1n) is 5.68. The number of nitrogens with zero attached hydrogens (tertiary/aromatic N) is 1. The highest BCUT2D eigenvalue weighted by atomic mass is 19.2. The van der Waals surface area contributed by atoms with Crippen LogP contribution < -0.4 is 5.32 Å². The Labute approximate surface area is 117 Å². The molecule has 1 rings (SSSR count). The molecule has 0 amide bonds. The number of allylic oxidation sites excluding steroid dienone is 1. The van der Waals surface area contributed by atoms with Crippen molar-refractivity contribution in [1.29, 1.82) is 5.26 Å². The van der Waals surface area contributed by atoms with E-state index in [1.54, 1.807) is 0 Å². The molecule has 1 atom stereocenters. The fourth-order valence-corrected chi connectivity index (χ4v) is 1.31. The van der Waals surface area contributed by atoms with Gasteiger partial charge in [0.15, 0.2) is 23.3 Å². The first kappa shape index (κ1) is 16.7. The van der Waals surface area contributed by atoms with Gasteiger partial charge in [0.05, 0.1) is 12.2 Å². The first-order valence-corrected chi connectivity index (χ1v) is 5.68. The maximum atomic E-state index is 13.5. The van der Waals surface area contributed by atoms with Crippen molar-refractivity contribution in [2.75, 3.05) is 6.61 Å². The third-order valence-corrected chi connectivity index (χ3v) is 2.50. The molecule has 21 heavy (non-hydrogen) atoms. The van der Waals surface area contributed by atoms with Gasteiger partial charge in [0, 0.05) is 12.2 Å². The molecular formula is C13H10F4N2O2. The molecule has 2 N–H and O–H groups in total. The Bertz CT molecular complexity index is 638. The monoisotopic (exact) mass is 302 g/mol. The Morgan fingerprint density at radius 3 is 2.52 bits per heavy atom. The molecule has 0 heterocycles. The molecular weight excluding hydrogens is 292 g/mol. The van der Waals surface area contributed by atoms with E-state index < -0.39 is 46.2 Å². The molecule has 1 aromatic carbocycles. The van der Waals surface area contributed by atoms with Crippen molar-refractivity contribution in [3.05, 3.63) is 46.7 Å². The second-order valence-corrected chi connectivity index (χ2v) is 4.10. The highest BCUT2D eigenvalue weighted by Gasteiger charge is 2.25. The quantitative estimate of drug-likeness (QED) is 0.217. The fraction of sp³-hybridized carbons (Fsp3) is 0.231. The number of carbonyl (C=O) groups excluding carboxylic acids is 1. The van der Waals surface area contributed by atoms with E-state index in [1.165, 1.54) is 13.0 Å². The summed E-state index contributed by atoms with van der Waals surface area (Å²) in [6.45, 7) is 1.21. The lowest BCUT2D eigenvalue weighted by Crippen LogP contribution is -2.25. The Balaban J connectivity index is 3.22. The van der Waals surface area contributed by atoms with Crippen LogP contribution in [0.5, 0.6) is 0 Å². The smallest absolute Gasteiger partial charge is 0.208 e. The molecule has 4 nitrogen and oxygen atoms in total. The lowest BCUT2D eigenvalue weighted by Gasteiger charge is -2.08. The third kappa shape index (κ3) is 3.58. The Kier molecular flexibility index (Phi) is 5.44. The van der Waals surface area contributed by atoms with Gasteiger partial charge in [-0.2, -0.15) is 5.26 Å². The van der Waals surface area contributed by atoms with Crippen LogP contribution in [0.2, 0.25) is 0 Å². The molecule has 0 saturated heterocycles. The van der Waals surface area contributed by atoms with Crippen LogP contribution in [-0.4, -0.2) is 23.5 Å². The van der Waals surface area contributed by atoms with E-state index in [2.05, 4.69) is 5.32 Å². The number of hydrogen-bond acceptors (Lipinski definition) is 4. The maximum absolute atomic E-state index is 13.5. The molecule has 0 radical (unpaired) electrons. The zero-order valence-corrected chi connectivity index (χ0v) is 10.8. The summed E-state index contributed by atoms with van der Waals surface area (Å²) in [6.07, 6.45) is 0.877. The number of rotatable bonds is 5. The van der Waals surface area contributed by atoms with Gasteiger partial charge in [-0.05, 0) is 13.0 Å². The zero-order valence-electron chi connectivity index (χ0n) is 10.8. The summed E-state index contributed by atoms with van der Waals surface area (Å²) < 4.78 is 52.3. The van der Waals surface area contributed by atoms with Gasteiger partial charge in [-0.3, -0.25) is 4.79 Å². The summed E-state index contributed by atoms with van der Waals surface area (Å²) in [5.74, 6) is -9.11. The standard InChI is InChI=1S/C13H10F4N2O2/c1-6(5-20)19-4-7(3-18)13(21)8-2-9(14)11(16)12(17)10(8)15/h2,4,6,19-20H,5H2,1H3/t6-/m0/s1. The number of aliphatic hydroxyl groups is 1. The lowest BCUT2D eigenvalue weighted by atomic mass is 10.0. The predicted octanol–water partition coefficient (Wildman–Crippen LogP) is 1.80. The average Bonchev–Trinajstić information content (AvgIpc) is 2.48. The van der Waals surface area contributed by atoms with E-state index in [4.69, 9.17) is 10.4 Å². The second-order valence-electron chi connectivity index (χ2n) is 4.10. The van der Waals surface area contributed by atoms with Crippen LogP contribution in [0, 0.1) is 34.6 Å². The molecule has 0 spiro atoms. The Hall–Kier alpha value is -2.40. The van der Waals surface area contributed by atoms with Crippen molar-refractivity contribution in [3.63, 3.8) is 0 Å². The van der Waals surface area contributed by atoms with Crippen LogP contribution in [0.25, 0.3) is 0 Å². The van der Waals surface area contributed by atoms with Crippen LogP contribution in [0.3, 0.4) is 0 Å². The molecule has 0 unspecified atom stereocenters. The van der Waals surface area contributed by atoms with Crippen LogP contribution in [0.1, 0.15) is 17.3 Å². The topological polar surface area (TPSA) is 73.1 Å². The predicted molar refractivity (Wildman–Crippen MR) is 64.0 cm³/mol. The Morgan fingerprint density at radius 2 is 2.00 bits per heavy atom. The van der Waals surface area contributed by atoms with Gasteiger partial charge in [-0.15, -0.1) is 0 Å². The van der Waals surface area contributed by atoms with E-state index in [0.29, 0.717) is 0 Å². The van der Waals surface area contributed by atoms with Gasteiger partial charge in [-0.1, -0.05) is 0 Å². The van der Waals surface area contributed by atoms with Crippen molar-refractivity contribution in [3.8, 4) is 6.07 Å². The number of halogens is 4. The average molecular weight is 302 g/mol. The molecule has 8 heteroatoms. The molecule has 0 bridgehead atoms. The van der Waals surface area contributed by atoms with Gasteiger partial charge in [-0.25, -0.2) is 17.6 Å². The first-order chi connectivity index (χ1) is 9.83. The van der Waals surface area contributed by atoms with Crippen LogP contribution >= 0.6 is 0 Å². The van der Waals surface area contributed by atoms with Gasteiger partial charge < -0.3 is 10.4 Å². The Morgan fingerprint density at radius 1 is 1.38 bits per heavy atom. The molecule has 0 aliphatic heterocycles. The highest BCUT2D eigenvalue weighted by Crippen LogP contribution is 2.20. The van der Waals surface area contributed by atoms with Crippen molar-refractivity contribution < 1.29 is 27.5 Å². The van der Waals surface area contributed by atoms with Gasteiger partial charge in [0.25, 0.3) is 0 Å². The number of nitriles is 1. The summed E-state index contributed by atoms with van der Waals surface area (Å²) in [7, 11) is 0. The third-order valence-electron chi connectivity index (χ3n) is 2.50. The normalized spacial score (nSPS) is 12.7. The van der Waals surface area contributed by atoms with Crippen molar-refractivity contribution in [1.82, 2.24) is 5.32 Å². The summed E-state index contributed by atoms with van der Waals surface area (Å²) in [5.41, 5.74) is -1.75. The minimum Gasteiger partial charge on any atom is -0.394 e. The number of aliphatic hydroxyl groups excluding tert-OH is 1. The summed E-state index contributed by atoms with van der Waals surface area (Å²) >= 11 is 0. The number of hydrogen-bond donors (Lipinski definition) is 2. The lowest BCUT2D eigenvalue weighted by molar-refractivity contribution is 0.103. The van der Waals surface area contributed by atoms with Gasteiger partial charge >= 0.3 is 0 Å². The molecule has 0 aliphatic carbocycles. The summed E-state index contributed by atoms with van der Waals surface area (Å²) in [4.78, 5) is 11.8. The highest BCUT2D eigenvalue weighted by molar-refractivity contribution is 6.11. The van der Waals surface area contributed by atoms with Gasteiger partial charge in [0.1, 0.15) is 11.6 Å². The van der Waals surface area contributed by atoms with Crippen molar-refractivity contribution in [2.24, 2.45) is 0 Å². The van der Waals surface area contributed by atoms with E-state index in [9.17, 15) is 22.4 Å². The number of Topliss-reactive ketones (excluding diaryl/α,β-unsaturated/α-hetero) is 1. The molecule has 0 aromatic heterocycles. The van der Waals surface area contributed by atoms with Crippen molar-refractivity contribution >= 4 is 5.78 Å². The van der Waals surface area contributed by atoms with Crippen LogP contribution in [0.4, 0.5) is 17.6 Å². The second kappa shape index (κ2) is 6.85. The minimum atomic E-state index is -2.13. The molecule has 0 fully saturated rings. The SMILES string of the molecule is C[C@@H](CO)NC=C(C#N)C(=O)c1cc(F)c(F)c(F)c1F. The van der Waals surface area contributed by atoms with Crippen molar-refractivity contribution in [2.45, 2.75) is 13.0 Å². The maximum Gasteiger partial charge on any atom is 0.208 e.